The molecule has 1 aliphatic heterocycles. The van der Waals surface area contributed by atoms with Gasteiger partial charge in [0.25, 0.3) is 5.91 Å². The summed E-state index contributed by atoms with van der Waals surface area (Å²) in [5, 5.41) is 10.3. The quantitative estimate of drug-likeness (QED) is 0.700. The minimum Gasteiger partial charge on any atom is -0.381 e. The van der Waals surface area contributed by atoms with Crippen LogP contribution >= 0.6 is 0 Å². The van der Waals surface area contributed by atoms with Gasteiger partial charge in [0, 0.05) is 36.9 Å². The van der Waals surface area contributed by atoms with E-state index in [1.165, 1.54) is 6.42 Å². The van der Waals surface area contributed by atoms with Crippen LogP contribution in [0.2, 0.25) is 0 Å². The number of aryl methyl sites for hydroxylation is 1. The average Bonchev–Trinajstić information content (AvgIpc) is 2.83. The van der Waals surface area contributed by atoms with Gasteiger partial charge in [-0.2, -0.15) is 5.10 Å². The van der Waals surface area contributed by atoms with Crippen molar-refractivity contribution in [3.05, 3.63) is 17.0 Å². The highest BCUT2D eigenvalue weighted by Gasteiger charge is 2.29. The summed E-state index contributed by atoms with van der Waals surface area (Å²) in [6, 6.07) is -0.253. The van der Waals surface area contributed by atoms with Crippen molar-refractivity contribution in [2.24, 2.45) is 11.7 Å². The minimum absolute atomic E-state index is 0.156. The van der Waals surface area contributed by atoms with E-state index in [1.54, 1.807) is 0 Å². The first-order chi connectivity index (χ1) is 11.6. The summed E-state index contributed by atoms with van der Waals surface area (Å²) in [6.45, 7) is 1.32. The Kier molecular flexibility index (Phi) is 5.50. The lowest BCUT2D eigenvalue weighted by Gasteiger charge is -2.30. The average molecular weight is 334 g/mol. The number of carbonyl (C=O) groups is 2. The number of amides is 2. The van der Waals surface area contributed by atoms with Gasteiger partial charge in [0.1, 0.15) is 0 Å². The topological polar surface area (TPSA) is 110 Å². The molecule has 24 heavy (non-hydrogen) atoms. The highest BCUT2D eigenvalue weighted by molar-refractivity contribution is 5.94. The predicted octanol–water partition coefficient (Wildman–Crippen LogP) is 1.08. The maximum absolute atomic E-state index is 12.7. The lowest BCUT2D eigenvalue weighted by molar-refractivity contribution is -0.118. The summed E-state index contributed by atoms with van der Waals surface area (Å²) in [5.41, 5.74) is 7.98. The fraction of sp³-hybridized carbons (Fsp3) is 0.706. The van der Waals surface area contributed by atoms with Gasteiger partial charge in [0.2, 0.25) is 5.91 Å². The normalized spacial score (nSPS) is 20.0. The van der Waals surface area contributed by atoms with Crippen LogP contribution in [0.1, 0.15) is 60.3 Å². The molecule has 2 aliphatic rings. The van der Waals surface area contributed by atoms with Gasteiger partial charge >= 0.3 is 0 Å². The van der Waals surface area contributed by atoms with E-state index in [-0.39, 0.29) is 24.3 Å². The van der Waals surface area contributed by atoms with Gasteiger partial charge in [-0.3, -0.25) is 14.7 Å². The Balaban J connectivity index is 1.73. The van der Waals surface area contributed by atoms with E-state index in [2.05, 4.69) is 15.5 Å². The molecule has 132 valence electrons. The van der Waals surface area contributed by atoms with E-state index in [0.717, 1.165) is 49.8 Å². The number of primary amides is 1. The largest absolute Gasteiger partial charge is 0.381 e. The summed E-state index contributed by atoms with van der Waals surface area (Å²) in [6.07, 6.45) is 7.03. The molecule has 1 saturated heterocycles. The highest BCUT2D eigenvalue weighted by Crippen LogP contribution is 2.24. The molecule has 7 nitrogen and oxygen atoms in total. The second-order valence-electron chi connectivity index (χ2n) is 6.79. The molecular weight excluding hydrogens is 308 g/mol. The second-order valence-corrected chi connectivity index (χ2v) is 6.79. The highest BCUT2D eigenvalue weighted by atomic mass is 16.5. The van der Waals surface area contributed by atoms with Crippen LogP contribution in [0, 0.1) is 5.92 Å². The molecule has 1 atom stereocenters. The molecule has 2 amide bonds. The summed E-state index contributed by atoms with van der Waals surface area (Å²) in [4.78, 5) is 24.2. The summed E-state index contributed by atoms with van der Waals surface area (Å²) in [7, 11) is 0. The Morgan fingerprint density at radius 2 is 2.00 bits per heavy atom. The van der Waals surface area contributed by atoms with E-state index in [4.69, 9.17) is 10.5 Å². The van der Waals surface area contributed by atoms with Crippen molar-refractivity contribution in [3.63, 3.8) is 0 Å². The zero-order valence-corrected chi connectivity index (χ0v) is 14.0. The van der Waals surface area contributed by atoms with Gasteiger partial charge < -0.3 is 15.8 Å². The van der Waals surface area contributed by atoms with Gasteiger partial charge in [-0.25, -0.2) is 0 Å². The second kappa shape index (κ2) is 7.79. The van der Waals surface area contributed by atoms with Crippen LogP contribution in [0.25, 0.3) is 0 Å². The maximum atomic E-state index is 12.7. The Morgan fingerprint density at radius 1 is 1.25 bits per heavy atom. The molecular formula is C17H26N4O3. The number of hydrogen-bond donors (Lipinski definition) is 3. The Hall–Kier alpha value is -1.89. The molecule has 0 aromatic carbocycles. The summed E-state index contributed by atoms with van der Waals surface area (Å²) >= 11 is 0. The van der Waals surface area contributed by atoms with Crippen LogP contribution in [0.15, 0.2) is 0 Å². The number of H-pyrrole nitrogens is 1. The van der Waals surface area contributed by atoms with E-state index in [0.29, 0.717) is 18.9 Å². The van der Waals surface area contributed by atoms with Gasteiger partial charge in [0.15, 0.2) is 5.69 Å². The van der Waals surface area contributed by atoms with Crippen LogP contribution in [-0.2, 0) is 22.4 Å². The SMILES string of the molecule is NC(=O)C[C@H](NC(=O)c1n[nH]c2c1CCCCC2)C1CCOCC1. The van der Waals surface area contributed by atoms with Crippen molar-refractivity contribution in [1.29, 1.82) is 0 Å². The number of nitrogens with zero attached hydrogens (tertiary/aromatic N) is 1. The van der Waals surface area contributed by atoms with E-state index >= 15 is 0 Å². The van der Waals surface area contributed by atoms with Gasteiger partial charge in [0.05, 0.1) is 0 Å². The first kappa shape index (κ1) is 17.0. The number of fused-ring (bicyclic) bond motifs is 1. The van der Waals surface area contributed by atoms with Crippen molar-refractivity contribution >= 4 is 11.8 Å². The molecule has 0 saturated carbocycles. The molecule has 1 aromatic rings. The molecule has 0 unspecified atom stereocenters. The third-order valence-electron chi connectivity index (χ3n) is 5.09. The molecule has 4 N–H and O–H groups in total. The number of rotatable bonds is 5. The minimum atomic E-state index is -0.396. The third kappa shape index (κ3) is 3.95. The molecule has 0 bridgehead atoms. The number of nitrogens with two attached hydrogens (primary N) is 1. The summed E-state index contributed by atoms with van der Waals surface area (Å²) < 4.78 is 5.37. The van der Waals surface area contributed by atoms with Gasteiger partial charge in [-0.1, -0.05) is 6.42 Å². The van der Waals surface area contributed by atoms with Gasteiger partial charge in [-0.15, -0.1) is 0 Å². The molecule has 1 aromatic heterocycles. The van der Waals surface area contributed by atoms with Crippen LogP contribution in [0.4, 0.5) is 0 Å². The molecule has 1 fully saturated rings. The molecule has 1 aliphatic carbocycles. The van der Waals surface area contributed by atoms with Crippen LogP contribution < -0.4 is 11.1 Å². The van der Waals surface area contributed by atoms with E-state index in [9.17, 15) is 9.59 Å². The fourth-order valence-electron chi connectivity index (χ4n) is 3.75. The monoisotopic (exact) mass is 334 g/mol. The molecule has 3 rings (SSSR count). The molecule has 0 radical (unpaired) electrons. The van der Waals surface area contributed by atoms with E-state index < -0.39 is 5.91 Å². The lowest BCUT2D eigenvalue weighted by atomic mass is 9.89. The Bertz CT molecular complexity index is 593. The zero-order valence-electron chi connectivity index (χ0n) is 14.0. The van der Waals surface area contributed by atoms with Crippen molar-refractivity contribution in [2.45, 2.75) is 57.4 Å². The maximum Gasteiger partial charge on any atom is 0.272 e. The smallest absolute Gasteiger partial charge is 0.272 e. The van der Waals surface area contributed by atoms with E-state index in [1.807, 2.05) is 0 Å². The van der Waals surface area contributed by atoms with Gasteiger partial charge in [-0.05, 0) is 44.4 Å². The van der Waals surface area contributed by atoms with Crippen LogP contribution in [0.3, 0.4) is 0 Å². The summed E-state index contributed by atoms with van der Waals surface area (Å²) in [5.74, 6) is -0.382. The first-order valence-corrected chi connectivity index (χ1v) is 8.88. The zero-order chi connectivity index (χ0) is 16.9. The number of ether oxygens (including phenoxy) is 1. The lowest BCUT2D eigenvalue weighted by Crippen LogP contribution is -2.45. The number of aromatic nitrogens is 2. The standard InChI is InChI=1S/C17H26N4O3/c18-15(22)10-14(11-6-8-24-9-7-11)19-17(23)16-12-4-2-1-3-5-13(12)20-21-16/h11,14H,1-10H2,(H2,18,22)(H,19,23)(H,20,21)/t14-/m0/s1. The number of carbonyl (C=O) groups excluding carboxylic acids is 2. The van der Waals surface area contributed by atoms with Crippen molar-refractivity contribution in [1.82, 2.24) is 15.5 Å². The first-order valence-electron chi connectivity index (χ1n) is 8.88. The molecule has 2 heterocycles. The molecule has 7 heteroatoms. The predicted molar refractivity (Wildman–Crippen MR) is 88.5 cm³/mol. The number of aromatic amines is 1. The Morgan fingerprint density at radius 3 is 2.75 bits per heavy atom. The fourth-order valence-corrected chi connectivity index (χ4v) is 3.75. The van der Waals surface area contributed by atoms with Crippen LogP contribution in [-0.4, -0.2) is 41.3 Å². The van der Waals surface area contributed by atoms with Crippen LogP contribution in [0.5, 0.6) is 0 Å². The van der Waals surface area contributed by atoms with Crippen molar-refractivity contribution in [2.75, 3.05) is 13.2 Å². The van der Waals surface area contributed by atoms with Crippen molar-refractivity contribution in [3.8, 4) is 0 Å². The number of hydrogen-bond acceptors (Lipinski definition) is 4. The third-order valence-corrected chi connectivity index (χ3v) is 5.09. The van der Waals surface area contributed by atoms with Crippen molar-refractivity contribution < 1.29 is 14.3 Å². The molecule has 0 spiro atoms. The number of nitrogens with one attached hydrogen (secondary N) is 2. The Labute approximate surface area is 141 Å².